The molecule has 0 fully saturated rings. The summed E-state index contributed by atoms with van der Waals surface area (Å²) in [6.45, 7) is 3.03. The predicted octanol–water partition coefficient (Wildman–Crippen LogP) is 3.69. The minimum absolute atomic E-state index is 0.252. The van der Waals surface area contributed by atoms with Crippen LogP contribution in [0, 0.1) is 0 Å². The Hall–Kier alpha value is -0.900. The van der Waals surface area contributed by atoms with Crippen molar-refractivity contribution in [1.29, 1.82) is 0 Å². The Balaban J connectivity index is 2.16. The predicted molar refractivity (Wildman–Crippen MR) is 73.7 cm³/mol. The summed E-state index contributed by atoms with van der Waals surface area (Å²) in [6, 6.07) is 8.20. The number of pyridine rings is 1. The van der Waals surface area contributed by atoms with Crippen LogP contribution in [0.1, 0.15) is 23.5 Å². The number of likely N-dealkylation sites (N-methyl/N-ethyl adjacent to an activating group) is 1. The Morgan fingerprint density at radius 3 is 2.88 bits per heavy atom. The van der Waals surface area contributed by atoms with Crippen LogP contribution in [0.3, 0.4) is 0 Å². The number of aromatic nitrogens is 1. The molecule has 2 aromatic heterocycles. The molecule has 0 aliphatic rings. The maximum atomic E-state index is 6.19. The lowest BCUT2D eigenvalue weighted by Crippen LogP contribution is -2.22. The fraction of sp³-hybridized carbons (Fsp3) is 0.308. The molecule has 4 heteroatoms. The molecule has 90 valence electrons. The average molecular weight is 267 g/mol. The van der Waals surface area contributed by atoms with Gasteiger partial charge in [0.1, 0.15) is 0 Å². The third-order valence-electron chi connectivity index (χ3n) is 2.55. The number of rotatable bonds is 5. The van der Waals surface area contributed by atoms with Crippen molar-refractivity contribution in [3.05, 3.63) is 51.4 Å². The molecule has 17 heavy (non-hydrogen) atoms. The van der Waals surface area contributed by atoms with Gasteiger partial charge in [0.25, 0.3) is 0 Å². The minimum Gasteiger partial charge on any atom is -0.309 e. The van der Waals surface area contributed by atoms with E-state index in [0.717, 1.165) is 23.7 Å². The Kier molecular flexibility index (Phi) is 4.54. The number of hydrogen-bond donors (Lipinski definition) is 1. The van der Waals surface area contributed by atoms with Crippen molar-refractivity contribution in [2.75, 3.05) is 6.54 Å². The van der Waals surface area contributed by atoms with Gasteiger partial charge in [-0.3, -0.25) is 4.98 Å². The molecule has 0 spiro atoms. The normalized spacial score (nSPS) is 12.6. The van der Waals surface area contributed by atoms with Crippen molar-refractivity contribution in [1.82, 2.24) is 10.3 Å². The van der Waals surface area contributed by atoms with Gasteiger partial charge in [0.15, 0.2) is 0 Å². The van der Waals surface area contributed by atoms with Crippen molar-refractivity contribution in [2.45, 2.75) is 19.4 Å². The SMILES string of the molecule is CCNC(Cc1ccccn1)c1sccc1Cl. The monoisotopic (exact) mass is 266 g/mol. The Labute approximate surface area is 111 Å². The molecule has 0 radical (unpaired) electrons. The van der Waals surface area contributed by atoms with Gasteiger partial charge in [0.05, 0.1) is 5.02 Å². The molecule has 0 saturated heterocycles. The summed E-state index contributed by atoms with van der Waals surface area (Å²) in [5, 5.41) is 6.33. The van der Waals surface area contributed by atoms with Gasteiger partial charge < -0.3 is 5.32 Å². The third-order valence-corrected chi connectivity index (χ3v) is 4.02. The molecule has 1 atom stereocenters. The maximum Gasteiger partial charge on any atom is 0.0561 e. The summed E-state index contributed by atoms with van der Waals surface area (Å²) in [5.74, 6) is 0. The van der Waals surface area contributed by atoms with E-state index in [1.807, 2.05) is 35.8 Å². The summed E-state index contributed by atoms with van der Waals surface area (Å²) in [6.07, 6.45) is 2.70. The van der Waals surface area contributed by atoms with E-state index in [1.165, 1.54) is 4.88 Å². The van der Waals surface area contributed by atoms with Crippen LogP contribution in [0.25, 0.3) is 0 Å². The number of halogens is 1. The zero-order valence-corrected chi connectivity index (χ0v) is 11.3. The quantitative estimate of drug-likeness (QED) is 0.893. The lowest BCUT2D eigenvalue weighted by Gasteiger charge is -2.16. The van der Waals surface area contributed by atoms with Crippen LogP contribution in [0.5, 0.6) is 0 Å². The van der Waals surface area contributed by atoms with Gasteiger partial charge in [-0.2, -0.15) is 0 Å². The van der Waals surface area contributed by atoms with Crippen LogP contribution in [-0.4, -0.2) is 11.5 Å². The molecule has 2 nitrogen and oxygen atoms in total. The Morgan fingerprint density at radius 2 is 2.29 bits per heavy atom. The second-order valence-electron chi connectivity index (χ2n) is 3.77. The topological polar surface area (TPSA) is 24.9 Å². The minimum atomic E-state index is 0.252. The molecule has 0 saturated carbocycles. The molecular weight excluding hydrogens is 252 g/mol. The lowest BCUT2D eigenvalue weighted by atomic mass is 10.1. The van der Waals surface area contributed by atoms with E-state index in [-0.39, 0.29) is 6.04 Å². The van der Waals surface area contributed by atoms with E-state index < -0.39 is 0 Å². The van der Waals surface area contributed by atoms with Crippen LogP contribution >= 0.6 is 22.9 Å². The van der Waals surface area contributed by atoms with E-state index in [4.69, 9.17) is 11.6 Å². The highest BCUT2D eigenvalue weighted by Crippen LogP contribution is 2.30. The van der Waals surface area contributed by atoms with Crippen LogP contribution in [-0.2, 0) is 6.42 Å². The first-order chi connectivity index (χ1) is 8.31. The zero-order valence-electron chi connectivity index (χ0n) is 9.69. The highest BCUT2D eigenvalue weighted by atomic mass is 35.5. The highest BCUT2D eigenvalue weighted by molar-refractivity contribution is 7.10. The first-order valence-electron chi connectivity index (χ1n) is 5.67. The summed E-state index contributed by atoms with van der Waals surface area (Å²) in [4.78, 5) is 5.56. The van der Waals surface area contributed by atoms with Gasteiger partial charge in [-0.15, -0.1) is 11.3 Å². The fourth-order valence-electron chi connectivity index (χ4n) is 1.79. The van der Waals surface area contributed by atoms with Gasteiger partial charge in [0.2, 0.25) is 0 Å². The van der Waals surface area contributed by atoms with Crippen LogP contribution in [0.2, 0.25) is 5.02 Å². The van der Waals surface area contributed by atoms with E-state index in [0.29, 0.717) is 0 Å². The zero-order chi connectivity index (χ0) is 12.1. The van der Waals surface area contributed by atoms with E-state index >= 15 is 0 Å². The van der Waals surface area contributed by atoms with Gasteiger partial charge in [0, 0.05) is 29.2 Å². The van der Waals surface area contributed by atoms with E-state index in [1.54, 1.807) is 11.3 Å². The highest BCUT2D eigenvalue weighted by Gasteiger charge is 2.16. The van der Waals surface area contributed by atoms with Crippen molar-refractivity contribution in [3.63, 3.8) is 0 Å². The smallest absolute Gasteiger partial charge is 0.0561 e. The molecule has 2 aromatic rings. The molecule has 0 aliphatic carbocycles. The van der Waals surface area contributed by atoms with Crippen LogP contribution < -0.4 is 5.32 Å². The number of nitrogens with zero attached hydrogens (tertiary/aromatic N) is 1. The number of hydrogen-bond acceptors (Lipinski definition) is 3. The van der Waals surface area contributed by atoms with Crippen molar-refractivity contribution >= 4 is 22.9 Å². The van der Waals surface area contributed by atoms with Crippen molar-refractivity contribution in [3.8, 4) is 0 Å². The summed E-state index contributed by atoms with van der Waals surface area (Å²) in [5.41, 5.74) is 1.09. The summed E-state index contributed by atoms with van der Waals surface area (Å²) < 4.78 is 0. The molecule has 0 amide bonds. The van der Waals surface area contributed by atoms with Gasteiger partial charge >= 0.3 is 0 Å². The largest absolute Gasteiger partial charge is 0.309 e. The average Bonchev–Trinajstić information content (AvgIpc) is 2.76. The molecule has 1 N–H and O–H groups in total. The summed E-state index contributed by atoms with van der Waals surface area (Å²) >= 11 is 7.88. The van der Waals surface area contributed by atoms with Crippen LogP contribution in [0.15, 0.2) is 35.8 Å². The van der Waals surface area contributed by atoms with Gasteiger partial charge in [-0.25, -0.2) is 0 Å². The standard InChI is InChI=1S/C13H15ClN2S/c1-2-15-12(13-11(14)6-8-17-13)9-10-5-3-4-7-16-10/h3-8,12,15H,2,9H2,1H3. The number of nitrogens with one attached hydrogen (secondary N) is 1. The second-order valence-corrected chi connectivity index (χ2v) is 5.12. The maximum absolute atomic E-state index is 6.19. The molecule has 0 aliphatic heterocycles. The Bertz CT molecular complexity index is 455. The first-order valence-corrected chi connectivity index (χ1v) is 6.93. The third kappa shape index (κ3) is 3.28. The lowest BCUT2D eigenvalue weighted by molar-refractivity contribution is 0.552. The van der Waals surface area contributed by atoms with E-state index in [2.05, 4.69) is 17.2 Å². The summed E-state index contributed by atoms with van der Waals surface area (Å²) in [7, 11) is 0. The van der Waals surface area contributed by atoms with Gasteiger partial charge in [-0.1, -0.05) is 24.6 Å². The Morgan fingerprint density at radius 1 is 1.41 bits per heavy atom. The molecule has 0 bridgehead atoms. The van der Waals surface area contributed by atoms with Crippen molar-refractivity contribution < 1.29 is 0 Å². The molecule has 1 unspecified atom stereocenters. The second kappa shape index (κ2) is 6.15. The molecule has 2 rings (SSSR count). The first kappa shape index (κ1) is 12.6. The number of thiophene rings is 1. The molecule has 0 aromatic carbocycles. The van der Waals surface area contributed by atoms with Crippen molar-refractivity contribution in [2.24, 2.45) is 0 Å². The fourth-order valence-corrected chi connectivity index (χ4v) is 3.05. The van der Waals surface area contributed by atoms with E-state index in [9.17, 15) is 0 Å². The van der Waals surface area contributed by atoms with Gasteiger partial charge in [-0.05, 0) is 30.1 Å². The molecule has 2 heterocycles. The van der Waals surface area contributed by atoms with Crippen LogP contribution in [0.4, 0.5) is 0 Å². The molecular formula is C13H15ClN2S.